The molecule has 6 heterocycles. The Balaban J connectivity index is 0.000000198. The van der Waals surface area contributed by atoms with E-state index in [9.17, 15) is 59.5 Å². The van der Waals surface area contributed by atoms with Crippen LogP contribution in [-0.2, 0) is 76.1 Å². The zero-order valence-corrected chi connectivity index (χ0v) is 51.6. The van der Waals surface area contributed by atoms with Crippen LogP contribution in [0.2, 0.25) is 0 Å². The summed E-state index contributed by atoms with van der Waals surface area (Å²) in [5.41, 5.74) is -3.45. The number of ether oxygens (including phenoxy) is 1. The van der Waals surface area contributed by atoms with Crippen molar-refractivity contribution in [2.24, 2.45) is 0 Å². The van der Waals surface area contributed by atoms with Crippen LogP contribution in [0.25, 0.3) is 0 Å². The molecular formula is C61H63F9N16O7. The normalized spacial score (nSPS) is 13.8. The highest BCUT2D eigenvalue weighted by atomic mass is 19.3. The third-order valence-electron chi connectivity index (χ3n) is 13.6. The van der Waals surface area contributed by atoms with Crippen molar-refractivity contribution in [3.05, 3.63) is 140 Å². The molecule has 0 saturated heterocycles. The molecule has 0 atom stereocenters. The van der Waals surface area contributed by atoms with E-state index < -0.39 is 105 Å². The number of rotatable bonds is 12. The van der Waals surface area contributed by atoms with Crippen molar-refractivity contribution in [1.82, 2.24) is 49.9 Å². The van der Waals surface area contributed by atoms with Gasteiger partial charge in [-0.05, 0) is 136 Å². The molecule has 0 fully saturated rings. The van der Waals surface area contributed by atoms with Crippen LogP contribution in [0.3, 0.4) is 0 Å². The van der Waals surface area contributed by atoms with Gasteiger partial charge in [-0.15, -0.1) is 0 Å². The van der Waals surface area contributed by atoms with E-state index in [1.165, 1.54) is 27.3 Å². The number of halogens is 9. The van der Waals surface area contributed by atoms with Crippen LogP contribution in [0, 0.1) is 51.4 Å². The van der Waals surface area contributed by atoms with Crippen LogP contribution < -0.4 is 37.2 Å². The number of amides is 6. The summed E-state index contributed by atoms with van der Waals surface area (Å²) in [5, 5.41) is 43.8. The van der Waals surface area contributed by atoms with Gasteiger partial charge < -0.3 is 55.7 Å². The number of nitrogens with one attached hydrogen (secondary N) is 7. The van der Waals surface area contributed by atoms with Gasteiger partial charge in [0.25, 0.3) is 35.4 Å². The largest absolute Gasteiger partial charge is 0.381 e. The average Bonchev–Trinajstić information content (AvgIpc) is 1.64. The zero-order valence-electron chi connectivity index (χ0n) is 51.6. The minimum absolute atomic E-state index is 0.0154. The van der Waals surface area contributed by atoms with Gasteiger partial charge in [-0.1, -0.05) is 0 Å². The Hall–Kier alpha value is -10.1. The summed E-state index contributed by atoms with van der Waals surface area (Å²) in [6.45, 7) is 14.9. The molecule has 6 aromatic rings. The topological polar surface area (TPSA) is 321 Å². The first-order chi connectivity index (χ1) is 43.3. The number of nitriles is 3. The second kappa shape index (κ2) is 27.4. The van der Waals surface area contributed by atoms with Crippen LogP contribution in [0.4, 0.5) is 56.6 Å². The summed E-state index contributed by atoms with van der Waals surface area (Å²) in [6, 6.07) is 15.1. The third-order valence-corrected chi connectivity index (χ3v) is 13.6. The lowest BCUT2D eigenvalue weighted by molar-refractivity contribution is -0.150. The van der Waals surface area contributed by atoms with Crippen molar-refractivity contribution in [3.8, 4) is 18.2 Å². The smallest absolute Gasteiger partial charge is 0.373 e. The van der Waals surface area contributed by atoms with Gasteiger partial charge >= 0.3 is 17.8 Å². The predicted molar refractivity (Wildman–Crippen MR) is 314 cm³/mol. The Morgan fingerprint density at radius 1 is 0.495 bits per heavy atom. The number of hydrogen-bond acceptors (Lipinski definition) is 14. The van der Waals surface area contributed by atoms with Crippen molar-refractivity contribution in [1.29, 1.82) is 15.8 Å². The number of aromatic nitrogens is 6. The van der Waals surface area contributed by atoms with Crippen molar-refractivity contribution >= 4 is 52.5 Å². The second-order valence-electron chi connectivity index (χ2n) is 24.5. The van der Waals surface area contributed by atoms with E-state index in [1.807, 2.05) is 0 Å². The van der Waals surface area contributed by atoms with Crippen LogP contribution >= 0.6 is 0 Å². The number of carbonyl (C=O) groups is 6. The molecule has 3 aliphatic heterocycles. The summed E-state index contributed by atoms with van der Waals surface area (Å²) in [7, 11) is 0. The van der Waals surface area contributed by atoms with Crippen LogP contribution in [0.5, 0.6) is 0 Å². The first kappa shape index (κ1) is 70.3. The molecule has 7 N–H and O–H groups in total. The second-order valence-corrected chi connectivity index (χ2v) is 24.5. The van der Waals surface area contributed by atoms with E-state index in [2.05, 4.69) is 52.2 Å². The average molecular weight is 1300 g/mol. The maximum absolute atomic E-state index is 15.0. The molecule has 0 aliphatic carbocycles. The molecule has 0 saturated carbocycles. The Labute approximate surface area is 526 Å². The summed E-state index contributed by atoms with van der Waals surface area (Å²) >= 11 is 0. The Bertz CT molecular complexity index is 3650. The number of hydrogen-bond donors (Lipinski definition) is 7. The molecule has 492 valence electrons. The lowest BCUT2D eigenvalue weighted by Crippen LogP contribution is -2.49. The van der Waals surface area contributed by atoms with Crippen molar-refractivity contribution in [2.45, 2.75) is 149 Å². The molecule has 0 unspecified atom stereocenters. The van der Waals surface area contributed by atoms with Gasteiger partial charge in [-0.25, -0.2) is 28.1 Å². The highest BCUT2D eigenvalue weighted by molar-refractivity contribution is 6.05. The summed E-state index contributed by atoms with van der Waals surface area (Å²) < 4.78 is 139. The van der Waals surface area contributed by atoms with E-state index in [1.54, 1.807) is 80.5 Å². The molecule has 0 radical (unpaired) electrons. The summed E-state index contributed by atoms with van der Waals surface area (Å²) in [4.78, 5) is 86.5. The van der Waals surface area contributed by atoms with Crippen LogP contribution in [0.15, 0.2) is 54.6 Å². The molecule has 93 heavy (non-hydrogen) atoms. The third kappa shape index (κ3) is 16.3. The molecular weight excluding hydrogens is 1240 g/mol. The van der Waals surface area contributed by atoms with Gasteiger partial charge in [-0.2, -0.15) is 42.1 Å². The number of anilines is 3. The highest BCUT2D eigenvalue weighted by Gasteiger charge is 2.51. The van der Waals surface area contributed by atoms with Gasteiger partial charge in [0.15, 0.2) is 28.9 Å². The van der Waals surface area contributed by atoms with E-state index in [0.717, 1.165) is 41.0 Å². The predicted octanol–water partition coefficient (Wildman–Crippen LogP) is 8.43. The first-order valence-corrected chi connectivity index (χ1v) is 28.5. The van der Waals surface area contributed by atoms with Crippen molar-refractivity contribution in [2.75, 3.05) is 29.1 Å². The van der Waals surface area contributed by atoms with Gasteiger partial charge in [0.1, 0.15) is 41.4 Å². The summed E-state index contributed by atoms with van der Waals surface area (Å²) in [5.74, 6) is -23.7. The number of benzene rings is 3. The molecule has 3 aromatic carbocycles. The van der Waals surface area contributed by atoms with Gasteiger partial charge in [0, 0.05) is 66.4 Å². The first-order valence-electron chi connectivity index (χ1n) is 28.5. The van der Waals surface area contributed by atoms with E-state index in [-0.39, 0.29) is 102 Å². The van der Waals surface area contributed by atoms with Gasteiger partial charge in [0.05, 0.1) is 47.0 Å². The van der Waals surface area contributed by atoms with E-state index in [4.69, 9.17) is 20.5 Å². The molecule has 0 spiro atoms. The van der Waals surface area contributed by atoms with Gasteiger partial charge in [-0.3, -0.25) is 28.8 Å². The Morgan fingerprint density at radius 2 is 0.839 bits per heavy atom. The number of alkyl halides is 6. The monoisotopic (exact) mass is 1300 g/mol. The number of fused-ring (bicyclic) bond motifs is 3. The van der Waals surface area contributed by atoms with Crippen molar-refractivity contribution < 1.29 is 73.0 Å². The molecule has 9 rings (SSSR count). The number of nitrogens with zero attached hydrogens (tertiary/aromatic N) is 9. The fourth-order valence-electron chi connectivity index (χ4n) is 9.51. The van der Waals surface area contributed by atoms with Crippen LogP contribution in [-0.4, -0.2) is 93.9 Å². The molecule has 3 aliphatic rings. The molecule has 6 amide bonds. The minimum atomic E-state index is -4.00. The molecule has 0 bridgehead atoms. The van der Waals surface area contributed by atoms with Gasteiger partial charge in [0.2, 0.25) is 0 Å². The molecule has 32 heteroatoms. The zero-order chi connectivity index (χ0) is 68.9. The van der Waals surface area contributed by atoms with Crippen LogP contribution in [0.1, 0.15) is 158 Å². The number of carbonyl (C=O) groups excluding carboxylic acids is 6. The SMILES string of the molecule is CC(C)(C)NC(=O)C(F)(F)c1nc(C(=O)Nc2ccc(F)c(C#N)c2)c2n1CCCC2.CC(C)(C)NC(=O)C(F)(F)c1nc(C(=O)Nc2ccc(F)c(C#N)c2)c2n1CCNC2.CC(C)(C)NC(=O)C(F)(F)c1nc(C(=O)Nc2ccc(F)c(C#N)c2)c2n1CCOC2. The van der Waals surface area contributed by atoms with Crippen molar-refractivity contribution in [3.63, 3.8) is 0 Å². The quantitative estimate of drug-likeness (QED) is 0.0566. The standard InChI is InChI=1S/C21H22F3N5O2.C20H21F3N6O2.C20H20F3N5O3/c1-20(2,3)28-19(31)21(23,24)18-27-16(15-6-4-5-9-29(15)18)17(30)26-13-7-8-14(22)12(10-13)11-25;1-19(2,3)28-18(31)20(22,23)17-27-15(14-10-25-6-7-29(14)17)16(30)26-12-4-5-13(21)11(8-12)9-24;1-19(2,3)27-18(30)20(22,23)17-26-15(14-10-31-7-6-28(14)17)16(29)25-12-4-5-13(21)11(8-12)9-24/h7-8,10H,4-6,9H2,1-3H3,(H,26,30)(H,28,31);4-5,8,25H,6-7,10H2,1-3H3,(H,26,30)(H,28,31);4-5,8H,6-7,10H2,1-3H3,(H,25,29)(H,27,30). The lowest BCUT2D eigenvalue weighted by atomic mass is 10.1. The minimum Gasteiger partial charge on any atom is -0.373 e. The number of imidazole rings is 3. The van der Waals surface area contributed by atoms with E-state index >= 15 is 8.78 Å². The Morgan fingerprint density at radius 3 is 1.20 bits per heavy atom. The molecule has 3 aromatic heterocycles. The lowest BCUT2D eigenvalue weighted by Gasteiger charge is -2.25. The molecule has 23 nitrogen and oxygen atoms in total. The fraction of sp³-hybridized carbons (Fsp3) is 0.410. The maximum atomic E-state index is 15.0. The fourth-order valence-corrected chi connectivity index (χ4v) is 9.51. The highest BCUT2D eigenvalue weighted by Crippen LogP contribution is 2.36. The summed E-state index contributed by atoms with van der Waals surface area (Å²) in [6.07, 6.45) is 1.64. The maximum Gasteiger partial charge on any atom is 0.381 e. The van der Waals surface area contributed by atoms with E-state index in [0.29, 0.717) is 31.5 Å². The Kier molecular flexibility index (Phi) is 20.7.